The molecule has 1 aliphatic carbocycles. The summed E-state index contributed by atoms with van der Waals surface area (Å²) in [6, 6.07) is 7.23. The number of benzene rings is 1. The normalized spacial score (nSPS) is 23.8. The van der Waals surface area contributed by atoms with Gasteiger partial charge in [-0.1, -0.05) is 25.0 Å². The van der Waals surface area contributed by atoms with E-state index in [1.54, 1.807) is 32.3 Å². The van der Waals surface area contributed by atoms with Crippen LogP contribution in [0.15, 0.2) is 29.2 Å². The van der Waals surface area contributed by atoms with Gasteiger partial charge in [0.1, 0.15) is 4.90 Å². The van der Waals surface area contributed by atoms with Gasteiger partial charge < -0.3 is 11.1 Å². The zero-order valence-electron chi connectivity index (χ0n) is 12.0. The Hall–Kier alpha value is -1.11. The summed E-state index contributed by atoms with van der Waals surface area (Å²) >= 11 is 0. The summed E-state index contributed by atoms with van der Waals surface area (Å²) in [5.74, 6) is 0. The van der Waals surface area contributed by atoms with E-state index >= 15 is 0 Å². The molecule has 0 bridgehead atoms. The van der Waals surface area contributed by atoms with Gasteiger partial charge in [0.2, 0.25) is 10.0 Å². The molecule has 0 amide bonds. The fraction of sp³-hybridized carbons (Fsp3) is 0.571. The zero-order chi connectivity index (χ0) is 14.8. The topological polar surface area (TPSA) is 75.4 Å². The third-order valence-electron chi connectivity index (χ3n) is 3.81. The average molecular weight is 297 g/mol. The Kier molecular flexibility index (Phi) is 4.67. The molecule has 3 N–H and O–H groups in total. The van der Waals surface area contributed by atoms with Crippen molar-refractivity contribution in [2.75, 3.05) is 19.4 Å². The molecule has 0 spiro atoms. The van der Waals surface area contributed by atoms with Crippen LogP contribution in [0.4, 0.5) is 5.69 Å². The lowest BCUT2D eigenvalue weighted by molar-refractivity contribution is 0.403. The lowest BCUT2D eigenvalue weighted by Gasteiger charge is -2.31. The van der Waals surface area contributed by atoms with Crippen LogP contribution in [0.25, 0.3) is 0 Å². The zero-order valence-corrected chi connectivity index (χ0v) is 12.9. The Labute approximate surface area is 121 Å². The van der Waals surface area contributed by atoms with Gasteiger partial charge in [-0.05, 0) is 25.0 Å². The number of anilines is 1. The molecule has 2 atom stereocenters. The third kappa shape index (κ3) is 3.13. The number of para-hydroxylation sites is 1. The molecule has 0 radical (unpaired) electrons. The fourth-order valence-electron chi connectivity index (χ4n) is 2.55. The number of nitrogens with zero attached hydrogens (tertiary/aromatic N) is 1. The van der Waals surface area contributed by atoms with Crippen LogP contribution in [-0.4, -0.2) is 38.9 Å². The Balaban J connectivity index is 2.29. The van der Waals surface area contributed by atoms with E-state index in [4.69, 9.17) is 5.73 Å². The molecule has 0 aromatic heterocycles. The lowest BCUT2D eigenvalue weighted by atomic mass is 9.91. The van der Waals surface area contributed by atoms with Crippen molar-refractivity contribution in [3.63, 3.8) is 0 Å². The summed E-state index contributed by atoms with van der Waals surface area (Å²) < 4.78 is 25.9. The van der Waals surface area contributed by atoms with Crippen molar-refractivity contribution in [3.8, 4) is 0 Å². The van der Waals surface area contributed by atoms with E-state index in [-0.39, 0.29) is 12.1 Å². The first kappa shape index (κ1) is 15.3. The summed E-state index contributed by atoms with van der Waals surface area (Å²) in [6.07, 6.45) is 4.25. The molecule has 6 heteroatoms. The summed E-state index contributed by atoms with van der Waals surface area (Å²) in [7, 11) is -0.366. The van der Waals surface area contributed by atoms with Crippen LogP contribution in [0.1, 0.15) is 25.7 Å². The molecule has 0 aliphatic heterocycles. The van der Waals surface area contributed by atoms with Gasteiger partial charge in [0.05, 0.1) is 5.69 Å². The summed E-state index contributed by atoms with van der Waals surface area (Å²) in [5, 5.41) is 3.33. The van der Waals surface area contributed by atoms with Crippen LogP contribution < -0.4 is 11.1 Å². The van der Waals surface area contributed by atoms with E-state index < -0.39 is 10.0 Å². The van der Waals surface area contributed by atoms with Gasteiger partial charge in [-0.15, -0.1) is 0 Å². The van der Waals surface area contributed by atoms with Crippen LogP contribution in [0, 0.1) is 0 Å². The van der Waals surface area contributed by atoms with Crippen LogP contribution in [0.3, 0.4) is 0 Å². The Morgan fingerprint density at radius 2 is 1.85 bits per heavy atom. The minimum Gasteiger partial charge on any atom is -0.380 e. The lowest BCUT2D eigenvalue weighted by Crippen LogP contribution is -2.42. The second kappa shape index (κ2) is 6.11. The van der Waals surface area contributed by atoms with Crippen molar-refractivity contribution in [2.45, 2.75) is 42.7 Å². The highest BCUT2D eigenvalue weighted by Gasteiger charge is 2.25. The van der Waals surface area contributed by atoms with E-state index in [0.717, 1.165) is 25.7 Å². The molecule has 1 aromatic rings. The predicted molar refractivity (Wildman–Crippen MR) is 81.2 cm³/mol. The van der Waals surface area contributed by atoms with E-state index in [9.17, 15) is 8.42 Å². The molecule has 20 heavy (non-hydrogen) atoms. The van der Waals surface area contributed by atoms with Gasteiger partial charge in [0.25, 0.3) is 0 Å². The first-order valence-electron chi connectivity index (χ1n) is 6.96. The van der Waals surface area contributed by atoms with Gasteiger partial charge in [0.15, 0.2) is 0 Å². The molecule has 0 unspecified atom stereocenters. The van der Waals surface area contributed by atoms with Crippen LogP contribution in [0.2, 0.25) is 0 Å². The Morgan fingerprint density at radius 1 is 1.20 bits per heavy atom. The van der Waals surface area contributed by atoms with E-state index in [2.05, 4.69) is 5.32 Å². The minimum atomic E-state index is -3.45. The second-order valence-corrected chi connectivity index (χ2v) is 7.60. The maximum atomic E-state index is 12.3. The highest BCUT2D eigenvalue weighted by atomic mass is 32.2. The smallest absolute Gasteiger partial charge is 0.244 e. The largest absolute Gasteiger partial charge is 0.380 e. The molecule has 1 aromatic carbocycles. The Bertz CT molecular complexity index is 557. The molecule has 0 heterocycles. The van der Waals surface area contributed by atoms with Crippen LogP contribution in [0.5, 0.6) is 0 Å². The van der Waals surface area contributed by atoms with Crippen molar-refractivity contribution in [1.29, 1.82) is 0 Å². The molecule has 112 valence electrons. The standard InChI is InChI=1S/C14H23N3O2S/c1-17(2)20(18,19)14-10-6-5-9-13(14)16-12-8-4-3-7-11(12)15/h5-6,9-12,16H,3-4,7-8,15H2,1-2H3/t11-,12-/m1/s1. The monoisotopic (exact) mass is 297 g/mol. The first-order chi connectivity index (χ1) is 9.43. The predicted octanol–water partition coefficient (Wildman–Crippen LogP) is 1.62. The molecule has 2 rings (SSSR count). The molecule has 1 fully saturated rings. The van der Waals surface area contributed by atoms with Crippen LogP contribution >= 0.6 is 0 Å². The number of sulfonamides is 1. The number of nitrogens with one attached hydrogen (secondary N) is 1. The van der Waals surface area contributed by atoms with Gasteiger partial charge >= 0.3 is 0 Å². The number of hydrogen-bond donors (Lipinski definition) is 2. The van der Waals surface area contributed by atoms with Gasteiger partial charge in [0, 0.05) is 26.2 Å². The van der Waals surface area contributed by atoms with E-state index in [0.29, 0.717) is 10.6 Å². The molecular weight excluding hydrogens is 274 g/mol. The fourth-order valence-corrected chi connectivity index (χ4v) is 3.59. The molecular formula is C14H23N3O2S. The summed E-state index contributed by atoms with van der Waals surface area (Å²) in [4.78, 5) is 0.308. The third-order valence-corrected chi connectivity index (χ3v) is 5.68. The van der Waals surface area contributed by atoms with Crippen molar-refractivity contribution < 1.29 is 8.42 Å². The van der Waals surface area contributed by atoms with Crippen molar-refractivity contribution in [2.24, 2.45) is 5.73 Å². The van der Waals surface area contributed by atoms with Crippen molar-refractivity contribution >= 4 is 15.7 Å². The number of nitrogens with two attached hydrogens (primary N) is 1. The maximum Gasteiger partial charge on any atom is 0.244 e. The van der Waals surface area contributed by atoms with Gasteiger partial charge in [-0.25, -0.2) is 12.7 Å². The Morgan fingerprint density at radius 3 is 2.50 bits per heavy atom. The number of rotatable bonds is 4. The highest BCUT2D eigenvalue weighted by molar-refractivity contribution is 7.89. The first-order valence-corrected chi connectivity index (χ1v) is 8.40. The van der Waals surface area contributed by atoms with Gasteiger partial charge in [-0.2, -0.15) is 0 Å². The van der Waals surface area contributed by atoms with Gasteiger partial charge in [-0.3, -0.25) is 0 Å². The number of hydrogen-bond acceptors (Lipinski definition) is 4. The average Bonchev–Trinajstić information content (AvgIpc) is 2.41. The maximum absolute atomic E-state index is 12.3. The van der Waals surface area contributed by atoms with Crippen molar-refractivity contribution in [1.82, 2.24) is 4.31 Å². The molecule has 1 saturated carbocycles. The molecule has 1 aliphatic rings. The highest BCUT2D eigenvalue weighted by Crippen LogP contribution is 2.27. The van der Waals surface area contributed by atoms with Crippen LogP contribution in [-0.2, 0) is 10.0 Å². The minimum absolute atomic E-state index is 0.0823. The molecule has 0 saturated heterocycles. The second-order valence-electron chi connectivity index (χ2n) is 5.48. The molecule has 5 nitrogen and oxygen atoms in total. The van der Waals surface area contributed by atoms with E-state index in [1.807, 2.05) is 6.07 Å². The summed E-state index contributed by atoms with van der Waals surface area (Å²) in [6.45, 7) is 0. The quantitative estimate of drug-likeness (QED) is 0.885. The van der Waals surface area contributed by atoms with E-state index in [1.165, 1.54) is 4.31 Å². The van der Waals surface area contributed by atoms with Crippen molar-refractivity contribution in [3.05, 3.63) is 24.3 Å². The summed E-state index contributed by atoms with van der Waals surface area (Å²) in [5.41, 5.74) is 6.77. The SMILES string of the molecule is CN(C)S(=O)(=O)c1ccccc1N[C@@H]1CCCC[C@H]1N.